The molecule has 0 aromatic carbocycles. The van der Waals surface area contributed by atoms with Crippen molar-refractivity contribution >= 4 is 0 Å². The zero-order valence-corrected chi connectivity index (χ0v) is 7.97. The Morgan fingerprint density at radius 1 is 1.50 bits per heavy atom. The zero-order chi connectivity index (χ0) is 8.81. The van der Waals surface area contributed by atoms with Crippen molar-refractivity contribution in [2.45, 2.75) is 45.1 Å². The average Bonchev–Trinajstić information content (AvgIpc) is 2.50. The van der Waals surface area contributed by atoms with Gasteiger partial charge in [-0.15, -0.1) is 12.3 Å². The number of nitrogens with one attached hydrogen (secondary N) is 1. The quantitative estimate of drug-likeness (QED) is 0.630. The number of rotatable bonds is 4. The van der Waals surface area contributed by atoms with Crippen molar-refractivity contribution in [1.29, 1.82) is 0 Å². The van der Waals surface area contributed by atoms with Gasteiger partial charge in [-0.05, 0) is 31.7 Å². The molecule has 1 N–H and O–H groups in total. The maximum Gasteiger partial charge on any atom is 0.0129 e. The van der Waals surface area contributed by atoms with Crippen LogP contribution in [-0.4, -0.2) is 12.6 Å². The molecule has 2 atom stereocenters. The summed E-state index contributed by atoms with van der Waals surface area (Å²) >= 11 is 0. The van der Waals surface area contributed by atoms with E-state index < -0.39 is 0 Å². The molecule has 0 aliphatic heterocycles. The van der Waals surface area contributed by atoms with Gasteiger partial charge >= 0.3 is 0 Å². The predicted molar refractivity (Wildman–Crippen MR) is 52.9 cm³/mol. The first-order valence-corrected chi connectivity index (χ1v) is 5.05. The highest BCUT2D eigenvalue weighted by Crippen LogP contribution is 2.27. The summed E-state index contributed by atoms with van der Waals surface area (Å²) < 4.78 is 0. The molecule has 0 heterocycles. The Morgan fingerprint density at radius 3 is 3.00 bits per heavy atom. The maximum atomic E-state index is 5.32. The van der Waals surface area contributed by atoms with E-state index in [2.05, 4.69) is 18.2 Å². The van der Waals surface area contributed by atoms with Crippen molar-refractivity contribution in [1.82, 2.24) is 5.32 Å². The van der Waals surface area contributed by atoms with Gasteiger partial charge in [-0.2, -0.15) is 0 Å². The third-order valence-electron chi connectivity index (χ3n) is 2.70. The molecule has 12 heavy (non-hydrogen) atoms. The van der Waals surface area contributed by atoms with Gasteiger partial charge in [-0.1, -0.05) is 13.3 Å². The topological polar surface area (TPSA) is 12.0 Å². The van der Waals surface area contributed by atoms with Crippen LogP contribution in [0.1, 0.15) is 39.0 Å². The summed E-state index contributed by atoms with van der Waals surface area (Å²) in [5.74, 6) is 3.53. The van der Waals surface area contributed by atoms with E-state index >= 15 is 0 Å². The van der Waals surface area contributed by atoms with Crippen molar-refractivity contribution in [3.63, 3.8) is 0 Å². The van der Waals surface area contributed by atoms with Crippen molar-refractivity contribution < 1.29 is 0 Å². The lowest BCUT2D eigenvalue weighted by Crippen LogP contribution is -2.32. The van der Waals surface area contributed by atoms with Crippen LogP contribution in [0.3, 0.4) is 0 Å². The molecule has 0 radical (unpaired) electrons. The Bertz CT molecular complexity index is 157. The van der Waals surface area contributed by atoms with Gasteiger partial charge in [0.15, 0.2) is 0 Å². The highest BCUT2D eigenvalue weighted by atomic mass is 14.9. The summed E-state index contributed by atoms with van der Waals surface area (Å²) in [7, 11) is 0. The molecular formula is C11H19N. The van der Waals surface area contributed by atoms with E-state index in [0.29, 0.717) is 6.04 Å². The molecule has 0 aromatic heterocycles. The fraction of sp³-hybridized carbons (Fsp3) is 0.818. The molecule has 0 spiro atoms. The minimum atomic E-state index is 0.709. The van der Waals surface area contributed by atoms with E-state index in [-0.39, 0.29) is 0 Å². The van der Waals surface area contributed by atoms with Crippen LogP contribution < -0.4 is 5.32 Å². The average molecular weight is 165 g/mol. The zero-order valence-electron chi connectivity index (χ0n) is 7.97. The molecule has 1 saturated carbocycles. The van der Waals surface area contributed by atoms with Gasteiger partial charge in [0.1, 0.15) is 0 Å². The predicted octanol–water partition coefficient (Wildman–Crippen LogP) is 2.18. The van der Waals surface area contributed by atoms with Crippen LogP contribution in [0.2, 0.25) is 0 Å². The third kappa shape index (κ3) is 2.53. The van der Waals surface area contributed by atoms with Crippen LogP contribution in [0.25, 0.3) is 0 Å². The molecule has 1 aliphatic carbocycles. The fourth-order valence-electron chi connectivity index (χ4n) is 2.03. The molecule has 0 saturated heterocycles. The molecule has 1 fully saturated rings. The van der Waals surface area contributed by atoms with E-state index in [9.17, 15) is 0 Å². The summed E-state index contributed by atoms with van der Waals surface area (Å²) in [6.45, 7) is 3.35. The Kier molecular flexibility index (Phi) is 4.18. The fourth-order valence-corrected chi connectivity index (χ4v) is 2.03. The lowest BCUT2D eigenvalue weighted by atomic mass is 10.00. The van der Waals surface area contributed by atoms with E-state index in [0.717, 1.165) is 18.9 Å². The largest absolute Gasteiger partial charge is 0.314 e. The summed E-state index contributed by atoms with van der Waals surface area (Å²) in [5, 5.41) is 3.57. The van der Waals surface area contributed by atoms with Gasteiger partial charge in [-0.3, -0.25) is 0 Å². The summed E-state index contributed by atoms with van der Waals surface area (Å²) in [4.78, 5) is 0. The first kappa shape index (κ1) is 9.61. The Labute approximate surface area is 75.9 Å². The second-order valence-electron chi connectivity index (χ2n) is 3.66. The third-order valence-corrected chi connectivity index (χ3v) is 2.70. The first-order chi connectivity index (χ1) is 5.88. The van der Waals surface area contributed by atoms with Crippen LogP contribution in [0.4, 0.5) is 0 Å². The molecule has 2 unspecified atom stereocenters. The van der Waals surface area contributed by atoms with Crippen LogP contribution >= 0.6 is 0 Å². The molecule has 0 amide bonds. The monoisotopic (exact) mass is 165 g/mol. The highest BCUT2D eigenvalue weighted by molar-refractivity contribution is 4.93. The maximum absolute atomic E-state index is 5.32. The first-order valence-electron chi connectivity index (χ1n) is 5.05. The molecule has 0 bridgehead atoms. The summed E-state index contributed by atoms with van der Waals surface area (Å²) in [6.07, 6.45) is 11.5. The van der Waals surface area contributed by atoms with Crippen LogP contribution in [0.15, 0.2) is 0 Å². The molecule has 1 aliphatic rings. The van der Waals surface area contributed by atoms with Crippen molar-refractivity contribution in [3.05, 3.63) is 0 Å². The van der Waals surface area contributed by atoms with E-state index in [1.54, 1.807) is 0 Å². The van der Waals surface area contributed by atoms with Gasteiger partial charge < -0.3 is 5.32 Å². The van der Waals surface area contributed by atoms with E-state index in [4.69, 9.17) is 6.42 Å². The second kappa shape index (κ2) is 5.22. The van der Waals surface area contributed by atoms with Gasteiger partial charge in [0, 0.05) is 12.5 Å². The van der Waals surface area contributed by atoms with E-state index in [1.807, 2.05) is 0 Å². The Balaban J connectivity index is 2.26. The Morgan fingerprint density at radius 2 is 2.33 bits per heavy atom. The van der Waals surface area contributed by atoms with Gasteiger partial charge in [0.2, 0.25) is 0 Å². The number of hydrogen-bond acceptors (Lipinski definition) is 1. The van der Waals surface area contributed by atoms with Crippen LogP contribution in [0, 0.1) is 18.3 Å². The van der Waals surface area contributed by atoms with Crippen molar-refractivity contribution in [3.8, 4) is 12.3 Å². The van der Waals surface area contributed by atoms with Crippen molar-refractivity contribution in [2.24, 2.45) is 5.92 Å². The molecule has 1 nitrogen and oxygen atoms in total. The van der Waals surface area contributed by atoms with Crippen LogP contribution in [0.5, 0.6) is 0 Å². The lowest BCUT2D eigenvalue weighted by molar-refractivity contribution is 0.408. The number of hydrogen-bond donors (Lipinski definition) is 1. The van der Waals surface area contributed by atoms with Gasteiger partial charge in [0.25, 0.3) is 0 Å². The summed E-state index contributed by atoms with van der Waals surface area (Å²) in [5.41, 5.74) is 0. The normalized spacial score (nSPS) is 28.7. The second-order valence-corrected chi connectivity index (χ2v) is 3.66. The molecule has 0 aromatic rings. The van der Waals surface area contributed by atoms with Crippen molar-refractivity contribution in [2.75, 3.05) is 6.54 Å². The summed E-state index contributed by atoms with van der Waals surface area (Å²) in [6, 6.07) is 0.709. The smallest absolute Gasteiger partial charge is 0.0129 e. The standard InChI is InChI=1S/C11H19N/c1-3-6-10-7-5-8-11(10)12-9-4-2/h1,10-12H,4-9H2,2H3. The lowest BCUT2D eigenvalue weighted by Gasteiger charge is -2.18. The molecule has 68 valence electrons. The number of terminal acetylenes is 1. The minimum Gasteiger partial charge on any atom is -0.314 e. The molecule has 1 rings (SSSR count). The highest BCUT2D eigenvalue weighted by Gasteiger charge is 2.25. The Hall–Kier alpha value is -0.480. The van der Waals surface area contributed by atoms with Gasteiger partial charge in [0.05, 0.1) is 0 Å². The molecular weight excluding hydrogens is 146 g/mol. The van der Waals surface area contributed by atoms with Crippen LogP contribution in [-0.2, 0) is 0 Å². The molecule has 1 heteroatoms. The SMILES string of the molecule is C#CCC1CCCC1NCCC. The minimum absolute atomic E-state index is 0.709. The van der Waals surface area contributed by atoms with E-state index in [1.165, 1.54) is 25.7 Å². The van der Waals surface area contributed by atoms with Gasteiger partial charge in [-0.25, -0.2) is 0 Å².